The number of aliphatic carboxylic acids is 1. The van der Waals surface area contributed by atoms with E-state index >= 15 is 0 Å². The summed E-state index contributed by atoms with van der Waals surface area (Å²) in [7, 11) is 0. The van der Waals surface area contributed by atoms with Gasteiger partial charge in [-0.1, -0.05) is 12.1 Å². The standard InChI is InChI=1S/C15H20N4O2/c1-2-7-19-14-4-3-12(10-13(14)16-17-19)18-8-5-11(6-9-18)15(20)21/h3-4,10-11H,2,5-9H2,1H3,(H,20,21). The van der Waals surface area contributed by atoms with Gasteiger partial charge < -0.3 is 10.0 Å². The van der Waals surface area contributed by atoms with Crippen LogP contribution in [-0.2, 0) is 11.3 Å². The van der Waals surface area contributed by atoms with Gasteiger partial charge in [0.15, 0.2) is 0 Å². The first kappa shape index (κ1) is 13.9. The molecule has 21 heavy (non-hydrogen) atoms. The summed E-state index contributed by atoms with van der Waals surface area (Å²) >= 11 is 0. The second-order valence-corrected chi connectivity index (χ2v) is 5.59. The average Bonchev–Trinajstić information content (AvgIpc) is 2.90. The molecule has 0 amide bonds. The van der Waals surface area contributed by atoms with E-state index in [-0.39, 0.29) is 5.92 Å². The van der Waals surface area contributed by atoms with Crippen LogP contribution in [0.5, 0.6) is 0 Å². The van der Waals surface area contributed by atoms with Crippen LogP contribution >= 0.6 is 0 Å². The second-order valence-electron chi connectivity index (χ2n) is 5.59. The van der Waals surface area contributed by atoms with Gasteiger partial charge in [0, 0.05) is 25.3 Å². The van der Waals surface area contributed by atoms with Gasteiger partial charge in [-0.3, -0.25) is 4.79 Å². The van der Waals surface area contributed by atoms with Gasteiger partial charge in [0.05, 0.1) is 11.4 Å². The van der Waals surface area contributed by atoms with Gasteiger partial charge >= 0.3 is 5.97 Å². The Labute approximate surface area is 123 Å². The molecule has 0 unspecified atom stereocenters. The van der Waals surface area contributed by atoms with Gasteiger partial charge in [-0.15, -0.1) is 5.10 Å². The molecular weight excluding hydrogens is 268 g/mol. The van der Waals surface area contributed by atoms with Crippen molar-refractivity contribution in [3.05, 3.63) is 18.2 Å². The molecule has 1 aromatic carbocycles. The molecule has 0 atom stereocenters. The summed E-state index contributed by atoms with van der Waals surface area (Å²) in [5.41, 5.74) is 3.07. The minimum atomic E-state index is -0.674. The lowest BCUT2D eigenvalue weighted by Crippen LogP contribution is -2.36. The molecule has 1 aliphatic rings. The molecule has 112 valence electrons. The normalized spacial score (nSPS) is 16.5. The van der Waals surface area contributed by atoms with E-state index in [4.69, 9.17) is 5.11 Å². The van der Waals surface area contributed by atoms with Crippen LogP contribution in [0.3, 0.4) is 0 Å². The van der Waals surface area contributed by atoms with Crippen molar-refractivity contribution < 1.29 is 9.90 Å². The zero-order valence-electron chi connectivity index (χ0n) is 12.2. The zero-order chi connectivity index (χ0) is 14.8. The summed E-state index contributed by atoms with van der Waals surface area (Å²) in [6, 6.07) is 6.19. The van der Waals surface area contributed by atoms with Crippen molar-refractivity contribution >= 4 is 22.7 Å². The van der Waals surface area contributed by atoms with Gasteiger partial charge in [-0.05, 0) is 37.5 Å². The molecule has 6 heteroatoms. The maximum Gasteiger partial charge on any atom is 0.306 e. The number of aromatic nitrogens is 3. The largest absolute Gasteiger partial charge is 0.481 e. The lowest BCUT2D eigenvalue weighted by molar-refractivity contribution is -0.142. The Bertz CT molecular complexity index is 644. The van der Waals surface area contributed by atoms with Gasteiger partial charge in [0.1, 0.15) is 5.52 Å². The first-order chi connectivity index (χ1) is 10.2. The third-order valence-corrected chi connectivity index (χ3v) is 4.14. The molecule has 0 spiro atoms. The molecule has 6 nitrogen and oxygen atoms in total. The number of aryl methyl sites for hydroxylation is 1. The van der Waals surface area contributed by atoms with E-state index in [1.807, 2.05) is 4.68 Å². The van der Waals surface area contributed by atoms with Crippen LogP contribution in [0.2, 0.25) is 0 Å². The zero-order valence-corrected chi connectivity index (χ0v) is 12.2. The molecular formula is C15H20N4O2. The average molecular weight is 288 g/mol. The minimum absolute atomic E-state index is 0.199. The molecule has 2 heterocycles. The minimum Gasteiger partial charge on any atom is -0.481 e. The number of rotatable bonds is 4. The fourth-order valence-corrected chi connectivity index (χ4v) is 2.92. The van der Waals surface area contributed by atoms with Crippen molar-refractivity contribution in [1.82, 2.24) is 15.0 Å². The molecule has 0 bridgehead atoms. The Kier molecular flexibility index (Phi) is 3.77. The number of carbonyl (C=O) groups is 1. The van der Waals surface area contributed by atoms with E-state index in [0.29, 0.717) is 12.8 Å². The highest BCUT2D eigenvalue weighted by Crippen LogP contribution is 2.26. The number of hydrogen-bond donors (Lipinski definition) is 1. The molecule has 0 radical (unpaired) electrons. The molecule has 1 aliphatic heterocycles. The monoisotopic (exact) mass is 288 g/mol. The van der Waals surface area contributed by atoms with Gasteiger partial charge in [0.25, 0.3) is 0 Å². The van der Waals surface area contributed by atoms with Crippen LogP contribution in [0, 0.1) is 5.92 Å². The second kappa shape index (κ2) is 5.71. The summed E-state index contributed by atoms with van der Waals surface area (Å²) in [6.07, 6.45) is 2.44. The van der Waals surface area contributed by atoms with Gasteiger partial charge in [0.2, 0.25) is 0 Å². The molecule has 1 fully saturated rings. The van der Waals surface area contributed by atoms with E-state index in [9.17, 15) is 4.79 Å². The molecule has 0 aliphatic carbocycles. The van der Waals surface area contributed by atoms with Crippen LogP contribution < -0.4 is 4.90 Å². The first-order valence-corrected chi connectivity index (χ1v) is 7.50. The van der Waals surface area contributed by atoms with Crippen molar-refractivity contribution in [2.45, 2.75) is 32.7 Å². The third kappa shape index (κ3) is 2.70. The van der Waals surface area contributed by atoms with Crippen molar-refractivity contribution in [3.8, 4) is 0 Å². The molecule has 1 N–H and O–H groups in total. The fourth-order valence-electron chi connectivity index (χ4n) is 2.92. The number of benzene rings is 1. The molecule has 2 aromatic rings. The van der Waals surface area contributed by atoms with Crippen molar-refractivity contribution in [3.63, 3.8) is 0 Å². The SMILES string of the molecule is CCCn1nnc2cc(N3CCC(C(=O)O)CC3)ccc21. The smallest absolute Gasteiger partial charge is 0.306 e. The fraction of sp³-hybridized carbons (Fsp3) is 0.533. The topological polar surface area (TPSA) is 71.2 Å². The van der Waals surface area contributed by atoms with Crippen LogP contribution in [-0.4, -0.2) is 39.2 Å². The highest BCUT2D eigenvalue weighted by Gasteiger charge is 2.24. The number of hydrogen-bond acceptors (Lipinski definition) is 4. The number of anilines is 1. The first-order valence-electron chi connectivity index (χ1n) is 7.50. The van der Waals surface area contributed by atoms with Crippen LogP contribution in [0.4, 0.5) is 5.69 Å². The number of carboxylic acid groups (broad SMARTS) is 1. The van der Waals surface area contributed by atoms with E-state index in [2.05, 4.69) is 40.3 Å². The summed E-state index contributed by atoms with van der Waals surface area (Å²) in [5.74, 6) is -0.872. The molecule has 1 aromatic heterocycles. The van der Waals surface area contributed by atoms with Gasteiger partial charge in [-0.2, -0.15) is 0 Å². The maximum atomic E-state index is 11.0. The molecule has 0 saturated carbocycles. The summed E-state index contributed by atoms with van der Waals surface area (Å²) < 4.78 is 1.93. The van der Waals surface area contributed by atoms with Crippen LogP contribution in [0.15, 0.2) is 18.2 Å². The number of piperidine rings is 1. The summed E-state index contributed by atoms with van der Waals surface area (Å²) in [4.78, 5) is 13.2. The quantitative estimate of drug-likeness (QED) is 0.933. The Balaban J connectivity index is 1.78. The van der Waals surface area contributed by atoms with Crippen molar-refractivity contribution in [2.24, 2.45) is 5.92 Å². The number of carboxylic acids is 1. The summed E-state index contributed by atoms with van der Waals surface area (Å²) in [6.45, 7) is 4.56. The van der Waals surface area contributed by atoms with Crippen LogP contribution in [0.1, 0.15) is 26.2 Å². The number of fused-ring (bicyclic) bond motifs is 1. The predicted octanol–water partition coefficient (Wildman–Crippen LogP) is 2.14. The van der Waals surface area contributed by atoms with Gasteiger partial charge in [-0.25, -0.2) is 4.68 Å². The van der Waals surface area contributed by atoms with E-state index in [0.717, 1.165) is 42.8 Å². The lowest BCUT2D eigenvalue weighted by Gasteiger charge is -2.31. The Hall–Kier alpha value is -2.11. The molecule has 1 saturated heterocycles. The lowest BCUT2D eigenvalue weighted by atomic mass is 9.97. The third-order valence-electron chi connectivity index (χ3n) is 4.14. The Morgan fingerprint density at radius 1 is 1.38 bits per heavy atom. The van der Waals surface area contributed by atoms with E-state index in [1.54, 1.807) is 0 Å². The highest BCUT2D eigenvalue weighted by molar-refractivity contribution is 5.79. The van der Waals surface area contributed by atoms with Crippen LogP contribution in [0.25, 0.3) is 11.0 Å². The van der Waals surface area contributed by atoms with E-state index in [1.165, 1.54) is 0 Å². The highest BCUT2D eigenvalue weighted by atomic mass is 16.4. The predicted molar refractivity (Wildman–Crippen MR) is 80.4 cm³/mol. The Morgan fingerprint density at radius 2 is 2.14 bits per heavy atom. The Morgan fingerprint density at radius 3 is 2.81 bits per heavy atom. The van der Waals surface area contributed by atoms with Crippen molar-refractivity contribution in [2.75, 3.05) is 18.0 Å². The van der Waals surface area contributed by atoms with E-state index < -0.39 is 5.97 Å². The molecule has 3 rings (SSSR count). The summed E-state index contributed by atoms with van der Waals surface area (Å²) in [5, 5.41) is 17.5. The maximum absolute atomic E-state index is 11.0. The number of nitrogens with zero attached hydrogens (tertiary/aromatic N) is 4. The van der Waals surface area contributed by atoms with Crippen molar-refractivity contribution in [1.29, 1.82) is 0 Å².